The molecular weight excluding hydrogens is 352 g/mol. The maximum atomic E-state index is 12.0. The number of halogens is 1. The van der Waals surface area contributed by atoms with Gasteiger partial charge in [0.05, 0.1) is 4.90 Å². The molecule has 0 atom stereocenters. The summed E-state index contributed by atoms with van der Waals surface area (Å²) < 4.78 is 27.5. The molecule has 0 aliphatic carbocycles. The molecule has 0 heterocycles. The molecule has 112 valence electrons. The number of hydrogen-bond acceptors (Lipinski definition) is 3. The molecule has 21 heavy (non-hydrogen) atoms. The molecular formula is C15H17BrN2O2S. The summed E-state index contributed by atoms with van der Waals surface area (Å²) in [6, 6.07) is 16.5. The summed E-state index contributed by atoms with van der Waals surface area (Å²) in [6.45, 7) is 1.65. The van der Waals surface area contributed by atoms with E-state index in [-0.39, 0.29) is 4.90 Å². The Hall–Kier alpha value is -1.21. The van der Waals surface area contributed by atoms with E-state index in [0.717, 1.165) is 11.0 Å². The van der Waals surface area contributed by atoms with Gasteiger partial charge in [-0.25, -0.2) is 13.1 Å². The Kier molecular flexibility index (Phi) is 5.93. The zero-order valence-electron chi connectivity index (χ0n) is 11.4. The Morgan fingerprint density at radius 3 is 2.24 bits per heavy atom. The second kappa shape index (κ2) is 7.70. The first-order valence-electron chi connectivity index (χ1n) is 6.58. The molecule has 2 N–H and O–H groups in total. The molecule has 2 rings (SSSR count). The van der Waals surface area contributed by atoms with Crippen LogP contribution in [0.4, 0.5) is 0 Å². The van der Waals surface area contributed by atoms with E-state index in [9.17, 15) is 8.42 Å². The minimum Gasteiger partial charge on any atom is -0.311 e. The zero-order valence-corrected chi connectivity index (χ0v) is 13.8. The number of nitrogens with one attached hydrogen (secondary N) is 2. The number of hydrogen-bond donors (Lipinski definition) is 2. The summed E-state index contributed by atoms with van der Waals surface area (Å²) in [6.07, 6.45) is 0. The third-order valence-corrected chi connectivity index (χ3v) is 4.90. The molecule has 0 saturated carbocycles. The van der Waals surface area contributed by atoms with E-state index >= 15 is 0 Å². The van der Waals surface area contributed by atoms with Gasteiger partial charge < -0.3 is 5.32 Å². The molecule has 0 radical (unpaired) electrons. The third kappa shape index (κ3) is 5.24. The molecule has 6 heteroatoms. The molecule has 0 aliphatic rings. The van der Waals surface area contributed by atoms with E-state index in [4.69, 9.17) is 0 Å². The van der Waals surface area contributed by atoms with E-state index < -0.39 is 10.0 Å². The van der Waals surface area contributed by atoms with Crippen LogP contribution in [0, 0.1) is 0 Å². The van der Waals surface area contributed by atoms with E-state index in [1.165, 1.54) is 5.56 Å². The van der Waals surface area contributed by atoms with Crippen LogP contribution >= 0.6 is 15.9 Å². The highest BCUT2D eigenvalue weighted by atomic mass is 79.9. The molecule has 0 aliphatic heterocycles. The molecule has 2 aromatic rings. The molecule has 0 unspecified atom stereocenters. The average molecular weight is 369 g/mol. The van der Waals surface area contributed by atoms with Crippen LogP contribution in [0.3, 0.4) is 0 Å². The highest BCUT2D eigenvalue weighted by molar-refractivity contribution is 9.10. The first-order chi connectivity index (χ1) is 10.1. The Morgan fingerprint density at radius 1 is 0.905 bits per heavy atom. The first-order valence-corrected chi connectivity index (χ1v) is 8.85. The summed E-state index contributed by atoms with van der Waals surface area (Å²) in [7, 11) is -3.43. The van der Waals surface area contributed by atoms with Crippen molar-refractivity contribution >= 4 is 26.0 Å². The second-order valence-electron chi connectivity index (χ2n) is 4.51. The fraction of sp³-hybridized carbons (Fsp3) is 0.200. The first kappa shape index (κ1) is 16.2. The minimum atomic E-state index is -3.43. The summed E-state index contributed by atoms with van der Waals surface area (Å²) in [5, 5.41) is 3.20. The van der Waals surface area contributed by atoms with Gasteiger partial charge in [0.2, 0.25) is 10.0 Å². The normalized spacial score (nSPS) is 11.5. The van der Waals surface area contributed by atoms with Gasteiger partial charge in [-0.15, -0.1) is 0 Å². The fourth-order valence-corrected chi connectivity index (χ4v) is 3.10. The fourth-order valence-electron chi connectivity index (χ4n) is 1.80. The predicted octanol–water partition coefficient (Wildman–Crippen LogP) is 2.52. The van der Waals surface area contributed by atoms with Gasteiger partial charge in [0.1, 0.15) is 0 Å². The van der Waals surface area contributed by atoms with Gasteiger partial charge in [-0.2, -0.15) is 0 Å². The summed E-state index contributed by atoms with van der Waals surface area (Å²) in [5.41, 5.74) is 1.17. The van der Waals surface area contributed by atoms with Crippen LogP contribution in [0.25, 0.3) is 0 Å². The van der Waals surface area contributed by atoms with Crippen molar-refractivity contribution in [1.29, 1.82) is 0 Å². The quantitative estimate of drug-likeness (QED) is 0.738. The molecule has 0 bridgehead atoms. The Bertz CT molecular complexity index is 658. The van der Waals surface area contributed by atoms with Gasteiger partial charge >= 0.3 is 0 Å². The van der Waals surface area contributed by atoms with E-state index in [1.807, 2.05) is 30.3 Å². The van der Waals surface area contributed by atoms with Crippen molar-refractivity contribution in [2.75, 3.05) is 13.1 Å². The van der Waals surface area contributed by atoms with E-state index in [2.05, 4.69) is 26.0 Å². The van der Waals surface area contributed by atoms with Crippen molar-refractivity contribution in [3.05, 3.63) is 64.6 Å². The summed E-state index contributed by atoms with van der Waals surface area (Å²) in [4.78, 5) is 0.272. The molecule has 0 fully saturated rings. The maximum Gasteiger partial charge on any atom is 0.240 e. The smallest absolute Gasteiger partial charge is 0.240 e. The number of sulfonamides is 1. The lowest BCUT2D eigenvalue weighted by atomic mass is 10.2. The minimum absolute atomic E-state index is 0.272. The molecule has 4 nitrogen and oxygen atoms in total. The SMILES string of the molecule is O=S(=O)(NCCNCc1ccccc1)c1ccc(Br)cc1. The lowest BCUT2D eigenvalue weighted by Crippen LogP contribution is -2.31. The van der Waals surface area contributed by atoms with Crippen LogP contribution in [-0.4, -0.2) is 21.5 Å². The van der Waals surface area contributed by atoms with Crippen molar-refractivity contribution in [3.63, 3.8) is 0 Å². The van der Waals surface area contributed by atoms with Crippen molar-refractivity contribution in [3.8, 4) is 0 Å². The largest absolute Gasteiger partial charge is 0.311 e. The number of rotatable bonds is 7. The standard InChI is InChI=1S/C15H17BrN2O2S/c16-14-6-8-15(9-7-14)21(19,20)18-11-10-17-12-13-4-2-1-3-5-13/h1-9,17-18H,10-12H2. The lowest BCUT2D eigenvalue weighted by molar-refractivity contribution is 0.576. The Morgan fingerprint density at radius 2 is 1.57 bits per heavy atom. The van der Waals surface area contributed by atoms with Crippen LogP contribution in [0.1, 0.15) is 5.56 Å². The van der Waals surface area contributed by atoms with Crippen LogP contribution in [0.15, 0.2) is 64.0 Å². The molecule has 0 spiro atoms. The Balaban J connectivity index is 1.76. The van der Waals surface area contributed by atoms with Crippen molar-refractivity contribution in [1.82, 2.24) is 10.0 Å². The van der Waals surface area contributed by atoms with Crippen LogP contribution in [-0.2, 0) is 16.6 Å². The third-order valence-electron chi connectivity index (χ3n) is 2.89. The van der Waals surface area contributed by atoms with Crippen molar-refractivity contribution in [2.24, 2.45) is 0 Å². The molecule has 0 aromatic heterocycles. The van der Waals surface area contributed by atoms with Crippen molar-refractivity contribution in [2.45, 2.75) is 11.4 Å². The summed E-state index contributed by atoms with van der Waals surface area (Å²) >= 11 is 3.28. The van der Waals surface area contributed by atoms with Crippen LogP contribution in [0.5, 0.6) is 0 Å². The van der Waals surface area contributed by atoms with Gasteiger partial charge in [-0.05, 0) is 29.8 Å². The lowest BCUT2D eigenvalue weighted by Gasteiger charge is -2.08. The molecule has 2 aromatic carbocycles. The van der Waals surface area contributed by atoms with Crippen molar-refractivity contribution < 1.29 is 8.42 Å². The number of benzene rings is 2. The van der Waals surface area contributed by atoms with E-state index in [0.29, 0.717) is 13.1 Å². The topological polar surface area (TPSA) is 58.2 Å². The summed E-state index contributed by atoms with van der Waals surface area (Å²) in [5.74, 6) is 0. The van der Waals surface area contributed by atoms with E-state index in [1.54, 1.807) is 24.3 Å². The highest BCUT2D eigenvalue weighted by Crippen LogP contribution is 2.14. The van der Waals surface area contributed by atoms with Gasteiger partial charge in [0, 0.05) is 24.1 Å². The van der Waals surface area contributed by atoms with Gasteiger partial charge in [0.15, 0.2) is 0 Å². The monoisotopic (exact) mass is 368 g/mol. The van der Waals surface area contributed by atoms with Crippen LogP contribution < -0.4 is 10.0 Å². The average Bonchev–Trinajstić information content (AvgIpc) is 2.48. The molecule has 0 amide bonds. The van der Waals surface area contributed by atoms with Crippen LogP contribution in [0.2, 0.25) is 0 Å². The zero-order chi connectivity index (χ0) is 15.1. The predicted molar refractivity (Wildman–Crippen MR) is 87.5 cm³/mol. The van der Waals surface area contributed by atoms with Gasteiger partial charge in [-0.3, -0.25) is 0 Å². The van der Waals surface area contributed by atoms with Gasteiger partial charge in [-0.1, -0.05) is 46.3 Å². The second-order valence-corrected chi connectivity index (χ2v) is 7.20. The maximum absolute atomic E-state index is 12.0. The molecule has 0 saturated heterocycles. The highest BCUT2D eigenvalue weighted by Gasteiger charge is 2.12. The van der Waals surface area contributed by atoms with Gasteiger partial charge in [0.25, 0.3) is 0 Å². The Labute approximate surface area is 133 Å².